The summed E-state index contributed by atoms with van der Waals surface area (Å²) < 4.78 is 32.1. The largest absolute Gasteiger partial charge is 0.495 e. The number of aryl methyl sites for hydroxylation is 1. The van der Waals surface area contributed by atoms with Crippen molar-refractivity contribution in [3.63, 3.8) is 0 Å². The zero-order valence-corrected chi connectivity index (χ0v) is 11.5. The molecule has 0 aliphatic heterocycles. The number of aromatic amines is 1. The Kier molecular flexibility index (Phi) is 3.87. The third-order valence-corrected chi connectivity index (χ3v) is 4.05. The first-order valence-corrected chi connectivity index (χ1v) is 7.13. The summed E-state index contributed by atoms with van der Waals surface area (Å²) in [5, 5.41) is 6.39. The second kappa shape index (κ2) is 5.41. The summed E-state index contributed by atoms with van der Waals surface area (Å²) in [4.78, 5) is 0.137. The highest BCUT2D eigenvalue weighted by Gasteiger charge is 2.19. The molecule has 1 aromatic heterocycles. The Morgan fingerprint density at radius 2 is 2.21 bits per heavy atom. The van der Waals surface area contributed by atoms with Crippen LogP contribution in [0, 0.1) is 6.92 Å². The molecule has 0 unspecified atom stereocenters. The first kappa shape index (κ1) is 13.6. The minimum absolute atomic E-state index is 0.137. The first-order chi connectivity index (χ1) is 9.03. The summed E-state index contributed by atoms with van der Waals surface area (Å²) in [7, 11) is -2.17. The van der Waals surface area contributed by atoms with Gasteiger partial charge in [0, 0.05) is 18.3 Å². The van der Waals surface area contributed by atoms with Gasteiger partial charge in [-0.1, -0.05) is 6.07 Å². The number of ether oxygens (including phenoxy) is 1. The van der Waals surface area contributed by atoms with E-state index in [0.29, 0.717) is 5.75 Å². The molecule has 0 amide bonds. The predicted octanol–water partition coefficient (Wildman–Crippen LogP) is 1.21. The van der Waals surface area contributed by atoms with Crippen LogP contribution in [0.4, 0.5) is 0 Å². The molecule has 0 fully saturated rings. The van der Waals surface area contributed by atoms with Crippen molar-refractivity contribution in [2.75, 3.05) is 7.11 Å². The molecule has 0 saturated heterocycles. The van der Waals surface area contributed by atoms with Crippen LogP contribution < -0.4 is 9.46 Å². The summed E-state index contributed by atoms with van der Waals surface area (Å²) in [6, 6.07) is 5.02. The molecule has 0 atom stereocenters. The van der Waals surface area contributed by atoms with Crippen LogP contribution in [0.1, 0.15) is 11.1 Å². The Morgan fingerprint density at radius 3 is 2.84 bits per heavy atom. The van der Waals surface area contributed by atoms with Crippen molar-refractivity contribution in [2.24, 2.45) is 0 Å². The molecule has 2 N–H and O–H groups in total. The summed E-state index contributed by atoms with van der Waals surface area (Å²) in [6.45, 7) is 2.00. The zero-order chi connectivity index (χ0) is 13.9. The molecule has 0 aliphatic rings. The number of benzene rings is 1. The summed E-state index contributed by atoms with van der Waals surface area (Å²) in [5.41, 5.74) is 1.61. The van der Waals surface area contributed by atoms with Crippen molar-refractivity contribution >= 4 is 10.0 Å². The Morgan fingerprint density at radius 1 is 1.42 bits per heavy atom. The van der Waals surface area contributed by atoms with Crippen LogP contribution in [0.3, 0.4) is 0 Å². The Labute approximate surface area is 111 Å². The van der Waals surface area contributed by atoms with Crippen molar-refractivity contribution in [3.05, 3.63) is 41.7 Å². The number of nitrogens with one attached hydrogen (secondary N) is 2. The molecule has 1 aromatic carbocycles. The van der Waals surface area contributed by atoms with Gasteiger partial charge in [0.05, 0.1) is 13.3 Å². The van der Waals surface area contributed by atoms with Crippen molar-refractivity contribution in [3.8, 4) is 5.75 Å². The number of H-pyrrole nitrogens is 1. The number of methoxy groups -OCH3 is 1. The molecule has 7 heteroatoms. The van der Waals surface area contributed by atoms with Crippen LogP contribution in [0.15, 0.2) is 35.5 Å². The Bertz CT molecular complexity index is 651. The lowest BCUT2D eigenvalue weighted by Gasteiger charge is -2.11. The molecule has 0 bridgehead atoms. The number of nitrogens with zero attached hydrogens (tertiary/aromatic N) is 1. The highest BCUT2D eigenvalue weighted by atomic mass is 32.2. The number of aromatic nitrogens is 2. The quantitative estimate of drug-likeness (QED) is 0.862. The Balaban J connectivity index is 2.26. The van der Waals surface area contributed by atoms with Gasteiger partial charge in [-0.05, 0) is 24.6 Å². The van der Waals surface area contributed by atoms with E-state index < -0.39 is 10.0 Å². The SMILES string of the molecule is COc1ccc(C)cc1S(=O)(=O)NCc1cn[nH]c1. The van der Waals surface area contributed by atoms with Gasteiger partial charge in [-0.2, -0.15) is 5.10 Å². The van der Waals surface area contributed by atoms with Crippen LogP contribution >= 0.6 is 0 Å². The van der Waals surface area contributed by atoms with E-state index >= 15 is 0 Å². The fraction of sp³-hybridized carbons (Fsp3) is 0.250. The summed E-state index contributed by atoms with van der Waals surface area (Å²) in [6.07, 6.45) is 3.20. The van der Waals surface area contributed by atoms with Gasteiger partial charge in [0.25, 0.3) is 0 Å². The molecule has 6 nitrogen and oxygen atoms in total. The van der Waals surface area contributed by atoms with Crippen molar-refractivity contribution < 1.29 is 13.2 Å². The normalized spacial score (nSPS) is 11.5. The minimum Gasteiger partial charge on any atom is -0.495 e. The second-order valence-electron chi connectivity index (χ2n) is 4.09. The van der Waals surface area contributed by atoms with E-state index in [9.17, 15) is 8.42 Å². The first-order valence-electron chi connectivity index (χ1n) is 5.65. The fourth-order valence-electron chi connectivity index (χ4n) is 1.62. The van der Waals surface area contributed by atoms with Gasteiger partial charge in [0.1, 0.15) is 10.6 Å². The smallest absolute Gasteiger partial charge is 0.244 e. The lowest BCUT2D eigenvalue weighted by atomic mass is 10.2. The Hall–Kier alpha value is -1.86. The lowest BCUT2D eigenvalue weighted by Crippen LogP contribution is -2.23. The maximum Gasteiger partial charge on any atom is 0.244 e. The highest BCUT2D eigenvalue weighted by molar-refractivity contribution is 7.89. The van der Waals surface area contributed by atoms with E-state index in [4.69, 9.17) is 4.74 Å². The van der Waals surface area contributed by atoms with Gasteiger partial charge in [-0.25, -0.2) is 13.1 Å². The molecule has 102 valence electrons. The number of hydrogen-bond donors (Lipinski definition) is 2. The van der Waals surface area contributed by atoms with E-state index in [1.54, 1.807) is 30.6 Å². The van der Waals surface area contributed by atoms with E-state index in [1.165, 1.54) is 7.11 Å². The maximum absolute atomic E-state index is 12.2. The van der Waals surface area contributed by atoms with Crippen LogP contribution in [0.2, 0.25) is 0 Å². The van der Waals surface area contributed by atoms with Gasteiger partial charge in [-0.15, -0.1) is 0 Å². The molecular weight excluding hydrogens is 266 g/mol. The highest BCUT2D eigenvalue weighted by Crippen LogP contribution is 2.24. The van der Waals surface area contributed by atoms with Crippen LogP contribution in [0.25, 0.3) is 0 Å². The van der Waals surface area contributed by atoms with Crippen LogP contribution in [0.5, 0.6) is 5.75 Å². The van der Waals surface area contributed by atoms with Crippen LogP contribution in [-0.4, -0.2) is 25.7 Å². The number of rotatable bonds is 5. The molecule has 0 aliphatic carbocycles. The van der Waals surface area contributed by atoms with E-state index in [2.05, 4.69) is 14.9 Å². The summed E-state index contributed by atoms with van der Waals surface area (Å²) in [5.74, 6) is 0.324. The average Bonchev–Trinajstić information content (AvgIpc) is 2.89. The monoisotopic (exact) mass is 281 g/mol. The van der Waals surface area contributed by atoms with Gasteiger partial charge in [0.2, 0.25) is 10.0 Å². The van der Waals surface area contributed by atoms with Crippen molar-refractivity contribution in [2.45, 2.75) is 18.4 Å². The maximum atomic E-state index is 12.2. The molecule has 0 spiro atoms. The third kappa shape index (κ3) is 3.12. The standard InChI is InChI=1S/C12H15N3O3S/c1-9-3-4-11(18-2)12(5-9)19(16,17)15-8-10-6-13-14-7-10/h3-7,15H,8H2,1-2H3,(H,13,14). The molecule has 2 aromatic rings. The van der Waals surface area contributed by atoms with Crippen molar-refractivity contribution in [1.29, 1.82) is 0 Å². The van der Waals surface area contributed by atoms with E-state index in [0.717, 1.165) is 11.1 Å². The molecule has 19 heavy (non-hydrogen) atoms. The van der Waals surface area contributed by atoms with E-state index in [1.807, 2.05) is 6.92 Å². The molecule has 2 rings (SSSR count). The summed E-state index contributed by atoms with van der Waals surface area (Å²) >= 11 is 0. The molecule has 0 radical (unpaired) electrons. The van der Waals surface area contributed by atoms with Gasteiger partial charge < -0.3 is 4.74 Å². The van der Waals surface area contributed by atoms with Gasteiger partial charge in [-0.3, -0.25) is 5.10 Å². The van der Waals surface area contributed by atoms with Gasteiger partial charge in [0.15, 0.2) is 0 Å². The average molecular weight is 281 g/mol. The topological polar surface area (TPSA) is 84.1 Å². The molecule has 0 saturated carbocycles. The van der Waals surface area contributed by atoms with Crippen molar-refractivity contribution in [1.82, 2.24) is 14.9 Å². The molecular formula is C12H15N3O3S. The zero-order valence-electron chi connectivity index (χ0n) is 10.7. The van der Waals surface area contributed by atoms with E-state index in [-0.39, 0.29) is 11.4 Å². The second-order valence-corrected chi connectivity index (χ2v) is 5.82. The van der Waals surface area contributed by atoms with Crippen LogP contribution in [-0.2, 0) is 16.6 Å². The minimum atomic E-state index is -3.62. The molecule has 1 heterocycles. The lowest BCUT2D eigenvalue weighted by molar-refractivity contribution is 0.402. The number of hydrogen-bond acceptors (Lipinski definition) is 4. The number of sulfonamides is 1. The third-order valence-electron chi connectivity index (χ3n) is 2.63. The fourth-order valence-corrected chi connectivity index (χ4v) is 2.89. The van der Waals surface area contributed by atoms with Gasteiger partial charge >= 0.3 is 0 Å². The predicted molar refractivity (Wildman–Crippen MR) is 70.3 cm³/mol.